The van der Waals surface area contributed by atoms with Gasteiger partial charge in [-0.25, -0.2) is 4.79 Å². The van der Waals surface area contributed by atoms with Crippen LogP contribution >= 0.6 is 0 Å². The highest BCUT2D eigenvalue weighted by molar-refractivity contribution is 5.74. The van der Waals surface area contributed by atoms with Crippen LogP contribution in [0.5, 0.6) is 0 Å². The van der Waals surface area contributed by atoms with Gasteiger partial charge in [-0.2, -0.15) is 0 Å². The van der Waals surface area contributed by atoms with Crippen molar-refractivity contribution in [2.45, 2.75) is 39.2 Å². The number of hydrogen-bond donors (Lipinski definition) is 2. The van der Waals surface area contributed by atoms with E-state index in [1.807, 2.05) is 6.92 Å². The van der Waals surface area contributed by atoms with E-state index in [-0.39, 0.29) is 18.1 Å². The summed E-state index contributed by atoms with van der Waals surface area (Å²) in [7, 11) is 0. The van der Waals surface area contributed by atoms with Crippen LogP contribution in [0.15, 0.2) is 0 Å². The van der Waals surface area contributed by atoms with E-state index in [0.29, 0.717) is 39.1 Å². The van der Waals surface area contributed by atoms with E-state index in [1.165, 1.54) is 0 Å². The lowest BCUT2D eigenvalue weighted by Crippen LogP contribution is -2.43. The summed E-state index contributed by atoms with van der Waals surface area (Å²) in [5, 5.41) is 11.6. The van der Waals surface area contributed by atoms with Gasteiger partial charge in [0.05, 0.1) is 12.0 Å². The fraction of sp³-hybridized carbons (Fsp3) is 0.846. The average Bonchev–Trinajstić information content (AvgIpc) is 2.58. The normalized spacial score (nSPS) is 21.6. The summed E-state index contributed by atoms with van der Waals surface area (Å²) in [6, 6.07) is -0.0830. The molecule has 0 aromatic heterocycles. The predicted molar refractivity (Wildman–Crippen MR) is 71.0 cm³/mol. The lowest BCUT2D eigenvalue weighted by Gasteiger charge is -2.22. The fourth-order valence-corrected chi connectivity index (χ4v) is 2.02. The first-order valence-corrected chi connectivity index (χ1v) is 6.88. The fourth-order valence-electron chi connectivity index (χ4n) is 2.02. The molecule has 1 aliphatic heterocycles. The number of nitrogens with zero attached hydrogens (tertiary/aromatic N) is 1. The van der Waals surface area contributed by atoms with Gasteiger partial charge in [-0.15, -0.1) is 0 Å². The maximum atomic E-state index is 11.9. The van der Waals surface area contributed by atoms with Gasteiger partial charge in [-0.1, -0.05) is 6.92 Å². The number of carboxylic acid groups (broad SMARTS) is 1. The molecule has 6 heteroatoms. The number of aliphatic carboxylic acids is 1. The number of ether oxygens (including phenoxy) is 1. The van der Waals surface area contributed by atoms with E-state index < -0.39 is 5.97 Å². The van der Waals surface area contributed by atoms with Crippen molar-refractivity contribution in [3.05, 3.63) is 0 Å². The molecule has 2 unspecified atom stereocenters. The number of carboxylic acids is 1. The van der Waals surface area contributed by atoms with Gasteiger partial charge in [0.1, 0.15) is 0 Å². The van der Waals surface area contributed by atoms with Gasteiger partial charge in [-0.3, -0.25) is 4.79 Å². The molecule has 0 bridgehead atoms. The number of amides is 2. The van der Waals surface area contributed by atoms with E-state index >= 15 is 0 Å². The quantitative estimate of drug-likeness (QED) is 0.740. The van der Waals surface area contributed by atoms with E-state index in [4.69, 9.17) is 9.84 Å². The van der Waals surface area contributed by atoms with Crippen molar-refractivity contribution in [3.8, 4) is 0 Å². The third-order valence-corrected chi connectivity index (χ3v) is 3.25. The Kier molecular flexibility index (Phi) is 6.62. The standard InChI is InChI=1S/C13H24N2O4/c1-10(12(16)17)5-3-6-14-13(18)15-7-4-8-19-11(2)9-15/h10-11H,3-9H2,1-2H3,(H,14,18)(H,16,17). The van der Waals surface area contributed by atoms with Crippen LogP contribution in [0.2, 0.25) is 0 Å². The Bertz CT molecular complexity index is 309. The molecule has 19 heavy (non-hydrogen) atoms. The molecule has 2 amide bonds. The van der Waals surface area contributed by atoms with Crippen molar-refractivity contribution in [2.75, 3.05) is 26.2 Å². The highest BCUT2D eigenvalue weighted by Crippen LogP contribution is 2.06. The highest BCUT2D eigenvalue weighted by Gasteiger charge is 2.19. The minimum Gasteiger partial charge on any atom is -0.481 e. The van der Waals surface area contributed by atoms with E-state index in [0.717, 1.165) is 6.42 Å². The first-order valence-electron chi connectivity index (χ1n) is 6.88. The number of nitrogens with one attached hydrogen (secondary N) is 1. The third kappa shape index (κ3) is 5.92. The molecule has 2 atom stereocenters. The third-order valence-electron chi connectivity index (χ3n) is 3.25. The molecule has 1 heterocycles. The maximum Gasteiger partial charge on any atom is 0.317 e. The van der Waals surface area contributed by atoms with Crippen molar-refractivity contribution in [2.24, 2.45) is 5.92 Å². The SMILES string of the molecule is CC1CN(C(=O)NCCCC(C)C(=O)O)CCCO1. The Morgan fingerprint density at radius 2 is 2.26 bits per heavy atom. The molecule has 0 spiro atoms. The van der Waals surface area contributed by atoms with Crippen molar-refractivity contribution in [1.29, 1.82) is 0 Å². The van der Waals surface area contributed by atoms with E-state index in [9.17, 15) is 9.59 Å². The maximum absolute atomic E-state index is 11.9. The summed E-state index contributed by atoms with van der Waals surface area (Å²) in [5.74, 6) is -1.15. The Balaban J connectivity index is 2.21. The zero-order valence-electron chi connectivity index (χ0n) is 11.7. The zero-order chi connectivity index (χ0) is 14.3. The lowest BCUT2D eigenvalue weighted by atomic mass is 10.1. The number of rotatable bonds is 5. The summed E-state index contributed by atoms with van der Waals surface area (Å²) >= 11 is 0. The molecule has 1 fully saturated rings. The zero-order valence-corrected chi connectivity index (χ0v) is 11.7. The average molecular weight is 272 g/mol. The molecule has 0 saturated carbocycles. The summed E-state index contributed by atoms with van der Waals surface area (Å²) in [6.07, 6.45) is 2.18. The summed E-state index contributed by atoms with van der Waals surface area (Å²) in [4.78, 5) is 24.3. The van der Waals surface area contributed by atoms with E-state index in [1.54, 1.807) is 11.8 Å². The molecule has 0 aromatic rings. The van der Waals surface area contributed by atoms with Crippen LogP contribution in [0, 0.1) is 5.92 Å². The van der Waals surface area contributed by atoms with Crippen LogP contribution < -0.4 is 5.32 Å². The van der Waals surface area contributed by atoms with Gasteiger partial charge < -0.3 is 20.1 Å². The van der Waals surface area contributed by atoms with Gasteiger partial charge >= 0.3 is 12.0 Å². The molecule has 1 saturated heterocycles. The van der Waals surface area contributed by atoms with Crippen LogP contribution in [0.1, 0.15) is 33.1 Å². The van der Waals surface area contributed by atoms with Gasteiger partial charge in [-0.05, 0) is 26.2 Å². The minimum absolute atomic E-state index is 0.0697. The smallest absolute Gasteiger partial charge is 0.317 e. The highest BCUT2D eigenvalue weighted by atomic mass is 16.5. The molecule has 2 N–H and O–H groups in total. The van der Waals surface area contributed by atoms with Crippen LogP contribution in [-0.4, -0.2) is 54.4 Å². The summed E-state index contributed by atoms with van der Waals surface area (Å²) in [5.41, 5.74) is 0. The predicted octanol–water partition coefficient (Wildman–Crippen LogP) is 1.31. The monoisotopic (exact) mass is 272 g/mol. The Morgan fingerprint density at radius 3 is 2.95 bits per heavy atom. The molecule has 1 aliphatic rings. The molecule has 110 valence electrons. The van der Waals surface area contributed by atoms with E-state index in [2.05, 4.69) is 5.32 Å². The number of hydrogen-bond acceptors (Lipinski definition) is 3. The Labute approximate surface area is 114 Å². The van der Waals surface area contributed by atoms with Crippen molar-refractivity contribution in [3.63, 3.8) is 0 Å². The molecule has 1 rings (SSSR count). The van der Waals surface area contributed by atoms with Crippen molar-refractivity contribution >= 4 is 12.0 Å². The van der Waals surface area contributed by atoms with Gasteiger partial charge in [0.15, 0.2) is 0 Å². The number of urea groups is 1. The van der Waals surface area contributed by atoms with Crippen LogP contribution in [0.25, 0.3) is 0 Å². The number of carbonyl (C=O) groups is 2. The lowest BCUT2D eigenvalue weighted by molar-refractivity contribution is -0.141. The van der Waals surface area contributed by atoms with Gasteiger partial charge in [0.25, 0.3) is 0 Å². The molecule has 0 radical (unpaired) electrons. The molecular formula is C13H24N2O4. The van der Waals surface area contributed by atoms with Crippen molar-refractivity contribution < 1.29 is 19.4 Å². The molecular weight excluding hydrogens is 248 g/mol. The summed E-state index contributed by atoms with van der Waals surface area (Å²) < 4.78 is 5.48. The first kappa shape index (κ1) is 15.8. The first-order chi connectivity index (χ1) is 9.00. The van der Waals surface area contributed by atoms with Crippen LogP contribution in [0.4, 0.5) is 4.79 Å². The van der Waals surface area contributed by atoms with Crippen molar-refractivity contribution in [1.82, 2.24) is 10.2 Å². The second-order valence-electron chi connectivity index (χ2n) is 5.09. The summed E-state index contributed by atoms with van der Waals surface area (Å²) in [6.45, 7) is 6.17. The Morgan fingerprint density at radius 1 is 1.53 bits per heavy atom. The van der Waals surface area contributed by atoms with Crippen LogP contribution in [0.3, 0.4) is 0 Å². The van der Waals surface area contributed by atoms with Gasteiger partial charge in [0, 0.05) is 26.2 Å². The Hall–Kier alpha value is -1.30. The second-order valence-corrected chi connectivity index (χ2v) is 5.09. The van der Waals surface area contributed by atoms with Crippen LogP contribution in [-0.2, 0) is 9.53 Å². The largest absolute Gasteiger partial charge is 0.481 e. The molecule has 0 aromatic carbocycles. The molecule has 0 aliphatic carbocycles. The second kappa shape index (κ2) is 7.99. The number of carbonyl (C=O) groups excluding carboxylic acids is 1. The van der Waals surface area contributed by atoms with Gasteiger partial charge in [0.2, 0.25) is 0 Å². The topological polar surface area (TPSA) is 78.9 Å². The minimum atomic E-state index is -0.787. The molecule has 6 nitrogen and oxygen atoms in total.